The summed E-state index contributed by atoms with van der Waals surface area (Å²) in [4.78, 5) is 9.95. The lowest BCUT2D eigenvalue weighted by Crippen LogP contribution is -2.41. The summed E-state index contributed by atoms with van der Waals surface area (Å²) in [6, 6.07) is 7.61. The van der Waals surface area contributed by atoms with E-state index in [1.165, 1.54) is 49.3 Å². The van der Waals surface area contributed by atoms with E-state index in [1.54, 1.807) is 0 Å². The maximum atomic E-state index is 5.47. The van der Waals surface area contributed by atoms with Crippen molar-refractivity contribution in [1.29, 1.82) is 0 Å². The molecular formula is C21H32N4O. The fourth-order valence-electron chi connectivity index (χ4n) is 4.21. The monoisotopic (exact) mass is 356 g/mol. The molecule has 0 bridgehead atoms. The smallest absolute Gasteiger partial charge is 0.111 e. The van der Waals surface area contributed by atoms with E-state index in [1.807, 2.05) is 6.92 Å². The Morgan fingerprint density at radius 2 is 2.12 bits per heavy atom. The van der Waals surface area contributed by atoms with E-state index in [4.69, 9.17) is 9.72 Å². The summed E-state index contributed by atoms with van der Waals surface area (Å²) in [5, 5.41) is 0. The van der Waals surface area contributed by atoms with Gasteiger partial charge in [-0.2, -0.15) is 0 Å². The van der Waals surface area contributed by atoms with Crippen molar-refractivity contribution in [1.82, 2.24) is 19.4 Å². The molecule has 1 fully saturated rings. The van der Waals surface area contributed by atoms with Gasteiger partial charge >= 0.3 is 0 Å². The Bertz CT molecular complexity index is 737. The first-order valence-electron chi connectivity index (χ1n) is 10.2. The first-order valence-corrected chi connectivity index (χ1v) is 10.2. The molecule has 5 heteroatoms. The molecule has 5 nitrogen and oxygen atoms in total. The van der Waals surface area contributed by atoms with Gasteiger partial charge in [-0.3, -0.25) is 9.80 Å². The lowest BCUT2D eigenvalue weighted by atomic mass is 9.91. The van der Waals surface area contributed by atoms with Gasteiger partial charge in [-0.15, -0.1) is 0 Å². The molecular weight excluding hydrogens is 324 g/mol. The SMILES string of the molecule is CCOCCN(C)Cc1ccc2nc3n(c2c1)CCN(C1CCC1)CC3. The number of rotatable bonds is 7. The fraction of sp³-hybridized carbons (Fsp3) is 0.667. The molecule has 1 aliphatic heterocycles. The van der Waals surface area contributed by atoms with Crippen molar-refractivity contribution in [3.05, 3.63) is 29.6 Å². The molecule has 2 aromatic rings. The van der Waals surface area contributed by atoms with Gasteiger partial charge in [0.1, 0.15) is 5.82 Å². The topological polar surface area (TPSA) is 33.5 Å². The number of benzene rings is 1. The van der Waals surface area contributed by atoms with Crippen molar-refractivity contribution in [2.75, 3.05) is 39.9 Å². The highest BCUT2D eigenvalue weighted by Crippen LogP contribution is 2.27. The highest BCUT2D eigenvalue weighted by molar-refractivity contribution is 5.77. The molecule has 1 aliphatic carbocycles. The van der Waals surface area contributed by atoms with Crippen LogP contribution >= 0.6 is 0 Å². The average molecular weight is 357 g/mol. The van der Waals surface area contributed by atoms with E-state index in [0.29, 0.717) is 0 Å². The number of nitrogens with zero attached hydrogens (tertiary/aromatic N) is 4. The minimum absolute atomic E-state index is 0.791. The molecule has 0 amide bonds. The Labute approximate surface area is 156 Å². The van der Waals surface area contributed by atoms with Crippen LogP contribution < -0.4 is 0 Å². The van der Waals surface area contributed by atoms with Crippen LogP contribution in [0.4, 0.5) is 0 Å². The molecule has 0 N–H and O–H groups in total. The van der Waals surface area contributed by atoms with Crippen LogP contribution in [0.3, 0.4) is 0 Å². The van der Waals surface area contributed by atoms with Crippen LogP contribution in [0.5, 0.6) is 0 Å². The predicted octanol–water partition coefficient (Wildman–Crippen LogP) is 2.92. The standard InChI is InChI=1S/C21H32N4O/c1-3-26-14-13-23(2)16-17-7-8-19-20(15-17)25-12-11-24(18-5-4-6-18)10-9-21(25)22-19/h7-8,15,18H,3-6,9-14,16H2,1-2H3. The van der Waals surface area contributed by atoms with Crippen molar-refractivity contribution in [2.24, 2.45) is 0 Å². The van der Waals surface area contributed by atoms with E-state index < -0.39 is 0 Å². The van der Waals surface area contributed by atoms with Crippen LogP contribution in [0.2, 0.25) is 0 Å². The van der Waals surface area contributed by atoms with Gasteiger partial charge in [-0.25, -0.2) is 4.98 Å². The van der Waals surface area contributed by atoms with Gasteiger partial charge in [0.2, 0.25) is 0 Å². The number of aromatic nitrogens is 2. The van der Waals surface area contributed by atoms with E-state index in [0.717, 1.165) is 50.8 Å². The Morgan fingerprint density at radius 1 is 1.23 bits per heavy atom. The van der Waals surface area contributed by atoms with Crippen molar-refractivity contribution in [2.45, 2.75) is 51.7 Å². The second-order valence-corrected chi connectivity index (χ2v) is 7.81. The molecule has 0 saturated heterocycles. The number of fused-ring (bicyclic) bond motifs is 3. The minimum atomic E-state index is 0.791. The van der Waals surface area contributed by atoms with Crippen LogP contribution in [0.25, 0.3) is 11.0 Å². The lowest BCUT2D eigenvalue weighted by molar-refractivity contribution is 0.120. The highest BCUT2D eigenvalue weighted by atomic mass is 16.5. The Kier molecular flexibility index (Phi) is 5.57. The third kappa shape index (κ3) is 3.80. The summed E-state index contributed by atoms with van der Waals surface area (Å²) >= 11 is 0. The van der Waals surface area contributed by atoms with E-state index in [2.05, 4.69) is 39.6 Å². The number of hydrogen-bond acceptors (Lipinski definition) is 4. The summed E-state index contributed by atoms with van der Waals surface area (Å²) in [6.07, 6.45) is 5.27. The molecule has 0 radical (unpaired) electrons. The molecule has 2 heterocycles. The van der Waals surface area contributed by atoms with Gasteiger partial charge in [0.15, 0.2) is 0 Å². The molecule has 1 saturated carbocycles. The Hall–Kier alpha value is -1.43. The molecule has 2 aliphatic rings. The van der Waals surface area contributed by atoms with Crippen LogP contribution in [0.1, 0.15) is 37.6 Å². The molecule has 142 valence electrons. The number of likely N-dealkylation sites (N-methyl/N-ethyl adjacent to an activating group) is 1. The third-order valence-corrected chi connectivity index (χ3v) is 5.99. The maximum Gasteiger partial charge on any atom is 0.111 e. The van der Waals surface area contributed by atoms with Crippen LogP contribution in [-0.2, 0) is 24.2 Å². The lowest BCUT2D eigenvalue weighted by Gasteiger charge is -2.36. The molecule has 0 unspecified atom stereocenters. The van der Waals surface area contributed by atoms with Crippen molar-refractivity contribution in [3.8, 4) is 0 Å². The summed E-state index contributed by atoms with van der Waals surface area (Å²) in [7, 11) is 2.16. The molecule has 1 aromatic carbocycles. The van der Waals surface area contributed by atoms with Gasteiger partial charge in [-0.05, 0) is 44.5 Å². The first-order chi connectivity index (χ1) is 12.7. The molecule has 0 atom stereocenters. The van der Waals surface area contributed by atoms with Gasteiger partial charge < -0.3 is 9.30 Å². The molecule has 4 rings (SSSR count). The normalized spacial score (nSPS) is 18.9. The second kappa shape index (κ2) is 8.07. The zero-order chi connectivity index (χ0) is 17.9. The zero-order valence-electron chi connectivity index (χ0n) is 16.3. The Morgan fingerprint density at radius 3 is 2.88 bits per heavy atom. The van der Waals surface area contributed by atoms with Gasteiger partial charge in [-0.1, -0.05) is 12.5 Å². The minimum Gasteiger partial charge on any atom is -0.380 e. The van der Waals surface area contributed by atoms with Crippen molar-refractivity contribution >= 4 is 11.0 Å². The highest BCUT2D eigenvalue weighted by Gasteiger charge is 2.27. The van der Waals surface area contributed by atoms with E-state index in [9.17, 15) is 0 Å². The largest absolute Gasteiger partial charge is 0.380 e. The van der Waals surface area contributed by atoms with E-state index in [-0.39, 0.29) is 0 Å². The summed E-state index contributed by atoms with van der Waals surface area (Å²) < 4.78 is 7.94. The van der Waals surface area contributed by atoms with Gasteiger partial charge in [0, 0.05) is 51.8 Å². The van der Waals surface area contributed by atoms with E-state index >= 15 is 0 Å². The third-order valence-electron chi connectivity index (χ3n) is 5.99. The number of imidazole rings is 1. The van der Waals surface area contributed by atoms with Gasteiger partial charge in [0.05, 0.1) is 17.6 Å². The zero-order valence-corrected chi connectivity index (χ0v) is 16.3. The van der Waals surface area contributed by atoms with Crippen LogP contribution in [0.15, 0.2) is 18.2 Å². The molecule has 26 heavy (non-hydrogen) atoms. The summed E-state index contributed by atoms with van der Waals surface area (Å²) in [5.74, 6) is 1.27. The number of hydrogen-bond donors (Lipinski definition) is 0. The van der Waals surface area contributed by atoms with Crippen LogP contribution in [-0.4, -0.2) is 65.3 Å². The maximum absolute atomic E-state index is 5.47. The molecule has 1 aromatic heterocycles. The van der Waals surface area contributed by atoms with Gasteiger partial charge in [0.25, 0.3) is 0 Å². The van der Waals surface area contributed by atoms with Crippen LogP contribution in [0, 0.1) is 0 Å². The average Bonchev–Trinajstić information content (AvgIpc) is 2.80. The molecule has 0 spiro atoms. The second-order valence-electron chi connectivity index (χ2n) is 7.81. The first kappa shape index (κ1) is 18.0. The van der Waals surface area contributed by atoms with Crippen molar-refractivity contribution in [3.63, 3.8) is 0 Å². The summed E-state index contributed by atoms with van der Waals surface area (Å²) in [6.45, 7) is 8.97. The fourth-order valence-corrected chi connectivity index (χ4v) is 4.21. The number of ether oxygens (including phenoxy) is 1. The summed E-state index contributed by atoms with van der Waals surface area (Å²) in [5.41, 5.74) is 3.82. The quantitative estimate of drug-likeness (QED) is 0.714. The predicted molar refractivity (Wildman–Crippen MR) is 105 cm³/mol. The van der Waals surface area contributed by atoms with Crippen molar-refractivity contribution < 1.29 is 4.74 Å². The Balaban J connectivity index is 1.47.